The number of rotatable bonds is 4. The molecule has 1 rings (SSSR count). The molecule has 0 aliphatic carbocycles. The molecular weight excluding hydrogens is 170 g/mol. The van der Waals surface area contributed by atoms with Crippen molar-refractivity contribution in [3.63, 3.8) is 0 Å². The van der Waals surface area contributed by atoms with Crippen molar-refractivity contribution in [2.24, 2.45) is 0 Å². The van der Waals surface area contributed by atoms with E-state index in [4.69, 9.17) is 4.74 Å². The molecule has 2 nitrogen and oxygen atoms in total. The van der Waals surface area contributed by atoms with E-state index in [2.05, 4.69) is 24.2 Å². The Balaban J connectivity index is 2.52. The van der Waals surface area contributed by atoms with Crippen LogP contribution < -0.4 is 0 Å². The zero-order chi connectivity index (χ0) is 8.97. The maximum absolute atomic E-state index is 4.98. The first-order chi connectivity index (χ1) is 5.72. The van der Waals surface area contributed by atoms with Crippen LogP contribution in [0.4, 0.5) is 0 Å². The van der Waals surface area contributed by atoms with E-state index >= 15 is 0 Å². The summed E-state index contributed by atoms with van der Waals surface area (Å²) in [5.74, 6) is 1.40. The van der Waals surface area contributed by atoms with E-state index in [-0.39, 0.29) is 0 Å². The molecule has 1 aromatic rings. The van der Waals surface area contributed by atoms with Crippen molar-refractivity contribution in [3.8, 4) is 0 Å². The maximum Gasteiger partial charge on any atom is 0.0934 e. The van der Waals surface area contributed by atoms with Crippen LogP contribution in [0.15, 0.2) is 5.38 Å². The Bertz CT molecular complexity index is 232. The number of nitrogens with zero attached hydrogens (tertiary/aromatic N) is 1. The van der Waals surface area contributed by atoms with Gasteiger partial charge < -0.3 is 4.74 Å². The van der Waals surface area contributed by atoms with Gasteiger partial charge in [-0.3, -0.25) is 0 Å². The first-order valence-electron chi connectivity index (χ1n) is 3.93. The fourth-order valence-corrected chi connectivity index (χ4v) is 1.88. The second kappa shape index (κ2) is 4.58. The zero-order valence-corrected chi connectivity index (χ0v) is 8.57. The molecule has 0 aliphatic rings. The molecule has 0 atom stereocenters. The van der Waals surface area contributed by atoms with Gasteiger partial charge in [-0.1, -0.05) is 13.8 Å². The molecule has 3 heteroatoms. The molecule has 0 amide bonds. The molecule has 0 bridgehead atoms. The van der Waals surface area contributed by atoms with E-state index in [0.29, 0.717) is 6.61 Å². The van der Waals surface area contributed by atoms with Gasteiger partial charge in [-0.2, -0.15) is 0 Å². The highest BCUT2D eigenvalue weighted by atomic mass is 32.1. The molecule has 0 spiro atoms. The largest absolute Gasteiger partial charge is 0.378 e. The highest BCUT2D eigenvalue weighted by molar-refractivity contribution is 7.09. The van der Waals surface area contributed by atoms with Gasteiger partial charge >= 0.3 is 0 Å². The standard InChI is InChI=1S/C9H14NOS/c1-7(2)4-9-10-8(5-11-3)6-12-9/h6H,4-5H2,1-3H3. The molecule has 0 fully saturated rings. The predicted molar refractivity (Wildman–Crippen MR) is 51.1 cm³/mol. The van der Waals surface area contributed by atoms with E-state index in [1.807, 2.05) is 0 Å². The number of ether oxygens (including phenoxy) is 1. The molecule has 1 heterocycles. The van der Waals surface area contributed by atoms with Crippen LogP contribution in [0.3, 0.4) is 0 Å². The summed E-state index contributed by atoms with van der Waals surface area (Å²) in [7, 11) is 1.69. The number of thiazole rings is 1. The monoisotopic (exact) mass is 184 g/mol. The lowest BCUT2D eigenvalue weighted by Gasteiger charge is -1.97. The minimum atomic E-state index is 0.624. The minimum absolute atomic E-state index is 0.624. The van der Waals surface area contributed by atoms with Crippen LogP contribution in [-0.4, -0.2) is 12.1 Å². The summed E-state index contributed by atoms with van der Waals surface area (Å²) in [6, 6.07) is 0. The molecule has 0 saturated carbocycles. The molecule has 0 saturated heterocycles. The van der Waals surface area contributed by atoms with Gasteiger partial charge in [0.25, 0.3) is 0 Å². The van der Waals surface area contributed by atoms with Gasteiger partial charge in [-0.25, -0.2) is 4.98 Å². The third-order valence-corrected chi connectivity index (χ3v) is 2.29. The Morgan fingerprint density at radius 3 is 2.92 bits per heavy atom. The van der Waals surface area contributed by atoms with Gasteiger partial charge in [0.2, 0.25) is 0 Å². The van der Waals surface area contributed by atoms with Crippen LogP contribution in [0.25, 0.3) is 0 Å². The molecule has 0 aliphatic heterocycles. The Labute approximate surface area is 77.6 Å². The summed E-state index contributed by atoms with van der Waals surface area (Å²) in [6.45, 7) is 4.87. The lowest BCUT2D eigenvalue weighted by molar-refractivity contribution is 0.182. The van der Waals surface area contributed by atoms with Crippen molar-refractivity contribution >= 4 is 11.3 Å². The SMILES string of the molecule is COCc1csc(C[C](C)C)n1. The lowest BCUT2D eigenvalue weighted by Crippen LogP contribution is -1.92. The van der Waals surface area contributed by atoms with Gasteiger partial charge in [0.15, 0.2) is 0 Å². The fourth-order valence-electron chi connectivity index (χ4n) is 0.947. The van der Waals surface area contributed by atoms with Crippen LogP contribution in [0, 0.1) is 5.92 Å². The Hall–Kier alpha value is -0.410. The summed E-state index contributed by atoms with van der Waals surface area (Å²) in [5, 5.41) is 3.24. The Morgan fingerprint density at radius 1 is 1.58 bits per heavy atom. The molecule has 67 valence electrons. The van der Waals surface area contributed by atoms with Gasteiger partial charge in [-0.15, -0.1) is 11.3 Å². The molecule has 1 radical (unpaired) electrons. The van der Waals surface area contributed by atoms with Crippen LogP contribution in [-0.2, 0) is 17.8 Å². The van der Waals surface area contributed by atoms with E-state index in [1.54, 1.807) is 18.4 Å². The first-order valence-corrected chi connectivity index (χ1v) is 4.81. The zero-order valence-electron chi connectivity index (χ0n) is 7.76. The van der Waals surface area contributed by atoms with Crippen LogP contribution >= 0.6 is 11.3 Å². The topological polar surface area (TPSA) is 22.1 Å². The molecule has 0 unspecified atom stereocenters. The van der Waals surface area contributed by atoms with Gasteiger partial charge in [0.1, 0.15) is 0 Å². The summed E-state index contributed by atoms with van der Waals surface area (Å²) in [6.07, 6.45) is 0.994. The highest BCUT2D eigenvalue weighted by Crippen LogP contribution is 2.15. The summed E-state index contributed by atoms with van der Waals surface area (Å²) in [4.78, 5) is 4.41. The summed E-state index contributed by atoms with van der Waals surface area (Å²) >= 11 is 1.71. The number of aromatic nitrogens is 1. The van der Waals surface area contributed by atoms with Crippen molar-refractivity contribution in [1.82, 2.24) is 4.98 Å². The normalized spacial score (nSPS) is 11.0. The second-order valence-corrected chi connectivity index (χ2v) is 3.99. The number of methoxy groups -OCH3 is 1. The van der Waals surface area contributed by atoms with Crippen LogP contribution in [0.1, 0.15) is 24.5 Å². The molecule has 0 aromatic carbocycles. The van der Waals surface area contributed by atoms with E-state index in [0.717, 1.165) is 12.1 Å². The Morgan fingerprint density at radius 2 is 2.33 bits per heavy atom. The van der Waals surface area contributed by atoms with Crippen molar-refractivity contribution in [1.29, 1.82) is 0 Å². The molecule has 12 heavy (non-hydrogen) atoms. The Kier molecular flexibility index (Phi) is 3.69. The highest BCUT2D eigenvalue weighted by Gasteiger charge is 2.03. The van der Waals surface area contributed by atoms with Crippen molar-refractivity contribution < 1.29 is 4.74 Å². The van der Waals surface area contributed by atoms with Gasteiger partial charge in [0, 0.05) is 18.9 Å². The van der Waals surface area contributed by atoms with E-state index in [9.17, 15) is 0 Å². The quantitative estimate of drug-likeness (QED) is 0.717. The fraction of sp³-hybridized carbons (Fsp3) is 0.556. The predicted octanol–water partition coefficient (Wildman–Crippen LogP) is 2.45. The van der Waals surface area contributed by atoms with Crippen molar-refractivity contribution in [2.75, 3.05) is 7.11 Å². The maximum atomic E-state index is 4.98. The van der Waals surface area contributed by atoms with Crippen LogP contribution in [0.5, 0.6) is 0 Å². The van der Waals surface area contributed by atoms with Crippen molar-refractivity contribution in [3.05, 3.63) is 22.0 Å². The number of hydrogen-bond acceptors (Lipinski definition) is 3. The van der Waals surface area contributed by atoms with E-state index in [1.165, 1.54) is 10.9 Å². The summed E-state index contributed by atoms with van der Waals surface area (Å²) < 4.78 is 4.98. The molecular formula is C9H14NOS. The van der Waals surface area contributed by atoms with Crippen LogP contribution in [0.2, 0.25) is 0 Å². The summed E-state index contributed by atoms with van der Waals surface area (Å²) in [5.41, 5.74) is 1.04. The third-order valence-electron chi connectivity index (χ3n) is 1.40. The first kappa shape index (κ1) is 9.68. The number of hydrogen-bond donors (Lipinski definition) is 0. The average molecular weight is 184 g/mol. The lowest BCUT2D eigenvalue weighted by atomic mass is 10.1. The smallest absolute Gasteiger partial charge is 0.0934 e. The molecule has 1 aromatic heterocycles. The van der Waals surface area contributed by atoms with Gasteiger partial charge in [-0.05, 0) is 5.92 Å². The molecule has 0 N–H and O–H groups in total. The van der Waals surface area contributed by atoms with Crippen molar-refractivity contribution in [2.45, 2.75) is 26.9 Å². The van der Waals surface area contributed by atoms with Gasteiger partial charge in [0.05, 0.1) is 17.3 Å². The second-order valence-electron chi connectivity index (χ2n) is 3.05. The third kappa shape index (κ3) is 2.91. The van der Waals surface area contributed by atoms with E-state index < -0.39 is 0 Å². The minimum Gasteiger partial charge on any atom is -0.378 e. The average Bonchev–Trinajstić information content (AvgIpc) is 2.36.